The van der Waals surface area contributed by atoms with Crippen LogP contribution in [0.1, 0.15) is 5.56 Å². The molecule has 0 aliphatic carbocycles. The Morgan fingerprint density at radius 2 is 1.82 bits per heavy atom. The van der Waals surface area contributed by atoms with Crippen molar-refractivity contribution in [1.29, 1.82) is 0 Å². The molecule has 0 aromatic heterocycles. The summed E-state index contributed by atoms with van der Waals surface area (Å²) in [6.07, 6.45) is 1.63. The average molecular weight is 219 g/mol. The average Bonchev–Trinajstić information content (AvgIpc) is 2.77. The van der Waals surface area contributed by atoms with Gasteiger partial charge in [0.15, 0.2) is 0 Å². The first-order valence-electron chi connectivity index (χ1n) is 5.60. The van der Waals surface area contributed by atoms with E-state index in [1.54, 1.807) is 6.34 Å². The zero-order chi connectivity index (χ0) is 11.2. The van der Waals surface area contributed by atoms with Crippen LogP contribution in [0.5, 0.6) is 0 Å². The predicted molar refractivity (Wildman–Crippen MR) is 66.0 cm³/mol. The smallest absolute Gasteiger partial charge is 0.110 e. The van der Waals surface area contributed by atoms with Crippen molar-refractivity contribution in [3.63, 3.8) is 0 Å². The van der Waals surface area contributed by atoms with E-state index < -0.39 is 0 Å². The molecule has 0 amide bonds. The van der Waals surface area contributed by atoms with E-state index in [2.05, 4.69) is 21.0 Å². The number of hydrogen-bond acceptors (Lipinski definition) is 3. The first-order chi connectivity index (χ1) is 8.43. The van der Waals surface area contributed by atoms with E-state index in [0.717, 1.165) is 16.4 Å². The molecule has 4 rings (SSSR count). The van der Waals surface area contributed by atoms with Crippen LogP contribution in [0.15, 0.2) is 51.4 Å². The first kappa shape index (κ1) is 8.82. The second kappa shape index (κ2) is 3.10. The Bertz CT molecular complexity index is 773. The molecule has 0 atom stereocenters. The lowest BCUT2D eigenvalue weighted by Crippen LogP contribution is -2.19. The summed E-state index contributed by atoms with van der Waals surface area (Å²) in [6.45, 7) is 0.700. The highest BCUT2D eigenvalue weighted by Crippen LogP contribution is 2.33. The Labute approximate surface area is 97.9 Å². The van der Waals surface area contributed by atoms with Crippen molar-refractivity contribution in [3.05, 3.63) is 52.7 Å². The number of benzene rings is 2. The molecule has 17 heavy (non-hydrogen) atoms. The lowest BCUT2D eigenvalue weighted by atomic mass is 9.99. The van der Waals surface area contributed by atoms with E-state index in [1.807, 2.05) is 30.3 Å². The fourth-order valence-corrected chi connectivity index (χ4v) is 2.45. The monoisotopic (exact) mass is 219 g/mol. The third-order valence-corrected chi connectivity index (χ3v) is 3.21. The van der Waals surface area contributed by atoms with Gasteiger partial charge in [0.25, 0.3) is 0 Å². The highest BCUT2D eigenvalue weighted by molar-refractivity contribution is 5.81. The highest BCUT2D eigenvalue weighted by Gasteiger charge is 2.18. The first-order valence-corrected chi connectivity index (χ1v) is 5.60. The topological polar surface area (TPSA) is 37.1 Å². The summed E-state index contributed by atoms with van der Waals surface area (Å²) in [4.78, 5) is 13.2. The number of fused-ring (bicyclic) bond motifs is 5. The summed E-state index contributed by atoms with van der Waals surface area (Å²) in [5, 5.41) is 2.06. The van der Waals surface area contributed by atoms with E-state index in [0.29, 0.717) is 6.54 Å². The van der Waals surface area contributed by atoms with E-state index in [9.17, 15) is 0 Å². The summed E-state index contributed by atoms with van der Waals surface area (Å²) in [5.41, 5.74) is 4.65. The van der Waals surface area contributed by atoms with Gasteiger partial charge in [-0.2, -0.15) is 0 Å². The van der Waals surface area contributed by atoms with Crippen molar-refractivity contribution in [3.8, 4) is 11.1 Å². The van der Waals surface area contributed by atoms with E-state index in [-0.39, 0.29) is 0 Å². The highest BCUT2D eigenvalue weighted by atomic mass is 14.9. The van der Waals surface area contributed by atoms with Crippen LogP contribution in [0.25, 0.3) is 11.1 Å². The molecule has 2 heterocycles. The maximum atomic E-state index is 4.63. The maximum absolute atomic E-state index is 4.63. The Morgan fingerprint density at radius 3 is 2.82 bits per heavy atom. The molecule has 0 fully saturated rings. The second-order valence-electron chi connectivity index (χ2n) is 4.17. The number of hydrogen-bond donors (Lipinski definition) is 0. The zero-order valence-electron chi connectivity index (χ0n) is 9.09. The van der Waals surface area contributed by atoms with Gasteiger partial charge in [-0.15, -0.1) is 0 Å². The van der Waals surface area contributed by atoms with Gasteiger partial charge in [0.1, 0.15) is 6.34 Å². The molecular weight excluding hydrogens is 210 g/mol. The molecule has 2 aliphatic rings. The Kier molecular flexibility index (Phi) is 1.61. The van der Waals surface area contributed by atoms with E-state index in [4.69, 9.17) is 0 Å². The molecule has 0 saturated heterocycles. The van der Waals surface area contributed by atoms with Crippen molar-refractivity contribution in [2.24, 2.45) is 15.0 Å². The van der Waals surface area contributed by atoms with Gasteiger partial charge < -0.3 is 0 Å². The van der Waals surface area contributed by atoms with Crippen LogP contribution in [0.4, 0.5) is 5.69 Å². The normalized spacial score (nSPS) is 14.4. The number of nitrogens with zero attached hydrogens (tertiary/aromatic N) is 3. The fourth-order valence-electron chi connectivity index (χ4n) is 2.45. The quantitative estimate of drug-likeness (QED) is 0.552. The van der Waals surface area contributed by atoms with Gasteiger partial charge in [0, 0.05) is 16.7 Å². The Morgan fingerprint density at radius 1 is 0.941 bits per heavy atom. The van der Waals surface area contributed by atoms with Gasteiger partial charge in [0.2, 0.25) is 0 Å². The number of aliphatic imine (C=N–C) groups is 1. The molecular formula is C14H9N3. The third kappa shape index (κ3) is 1.13. The summed E-state index contributed by atoms with van der Waals surface area (Å²) in [5.74, 6) is 0. The molecule has 0 radical (unpaired) electrons. The van der Waals surface area contributed by atoms with Gasteiger partial charge in [-0.05, 0) is 18.2 Å². The van der Waals surface area contributed by atoms with Crippen LogP contribution < -0.4 is 10.7 Å². The molecule has 0 bridgehead atoms. The Balaban J connectivity index is 2.16. The van der Waals surface area contributed by atoms with Gasteiger partial charge in [-0.25, -0.2) is 9.98 Å². The standard InChI is InChI=1S/C14H9N3/c1-2-4-12-9(3-1)14-10-7-15-8-16-11(10)5-6-13(14)17-12/h1-6,8H,7H2. The van der Waals surface area contributed by atoms with Crippen LogP contribution in [0.2, 0.25) is 0 Å². The van der Waals surface area contributed by atoms with E-state index >= 15 is 0 Å². The minimum atomic E-state index is 0.700. The Hall–Kier alpha value is -2.29. The molecule has 2 aliphatic heterocycles. The molecule has 2 aromatic carbocycles. The van der Waals surface area contributed by atoms with Crippen LogP contribution in [-0.4, -0.2) is 6.34 Å². The third-order valence-electron chi connectivity index (χ3n) is 3.21. The minimum Gasteiger partial charge on any atom is -0.269 e. The second-order valence-corrected chi connectivity index (χ2v) is 4.17. The zero-order valence-corrected chi connectivity index (χ0v) is 9.09. The van der Waals surface area contributed by atoms with Crippen LogP contribution in [0, 0.1) is 0 Å². The lowest BCUT2D eigenvalue weighted by Gasteiger charge is -2.07. The molecule has 0 spiro atoms. The van der Waals surface area contributed by atoms with Crippen LogP contribution in [0.3, 0.4) is 0 Å². The summed E-state index contributed by atoms with van der Waals surface area (Å²) >= 11 is 0. The number of para-hydroxylation sites is 1. The maximum Gasteiger partial charge on any atom is 0.110 e. The van der Waals surface area contributed by atoms with Crippen molar-refractivity contribution in [1.82, 2.24) is 0 Å². The summed E-state index contributed by atoms with van der Waals surface area (Å²) in [7, 11) is 0. The predicted octanol–water partition coefficient (Wildman–Crippen LogP) is 1.78. The molecule has 0 saturated carbocycles. The van der Waals surface area contributed by atoms with Crippen molar-refractivity contribution in [2.45, 2.75) is 6.54 Å². The van der Waals surface area contributed by atoms with Crippen molar-refractivity contribution < 1.29 is 0 Å². The van der Waals surface area contributed by atoms with Gasteiger partial charge in [-0.3, -0.25) is 4.99 Å². The van der Waals surface area contributed by atoms with Crippen molar-refractivity contribution >= 4 is 12.0 Å². The van der Waals surface area contributed by atoms with E-state index in [1.165, 1.54) is 16.7 Å². The minimum absolute atomic E-state index is 0.700. The molecule has 2 aromatic rings. The van der Waals surface area contributed by atoms with Crippen molar-refractivity contribution in [2.75, 3.05) is 0 Å². The molecule has 0 N–H and O–H groups in total. The van der Waals surface area contributed by atoms with Crippen LogP contribution >= 0.6 is 0 Å². The van der Waals surface area contributed by atoms with Crippen LogP contribution in [-0.2, 0) is 6.54 Å². The molecule has 3 heteroatoms. The summed E-state index contributed by atoms with van der Waals surface area (Å²) < 4.78 is 0. The molecule has 0 unspecified atom stereocenters. The fraction of sp³-hybridized carbons (Fsp3) is 0.0714. The van der Waals surface area contributed by atoms with Gasteiger partial charge in [-0.1, -0.05) is 18.2 Å². The number of rotatable bonds is 0. The van der Waals surface area contributed by atoms with Gasteiger partial charge in [0.05, 0.1) is 22.9 Å². The lowest BCUT2D eigenvalue weighted by molar-refractivity contribution is 1.01. The molecule has 3 nitrogen and oxygen atoms in total. The van der Waals surface area contributed by atoms with Gasteiger partial charge >= 0.3 is 0 Å². The molecule has 80 valence electrons. The summed E-state index contributed by atoms with van der Waals surface area (Å²) in [6, 6.07) is 12.3. The largest absolute Gasteiger partial charge is 0.269 e. The SMILES string of the molecule is C1=NCc2c3c(ccc2=N1)=Nc1ccccc1-3.